The summed E-state index contributed by atoms with van der Waals surface area (Å²) in [6, 6.07) is 4.07. The first kappa shape index (κ1) is 11.0. The lowest BCUT2D eigenvalue weighted by Crippen LogP contribution is -2.10. The quantitative estimate of drug-likeness (QED) is 0.835. The van der Waals surface area contributed by atoms with E-state index in [1.54, 1.807) is 7.11 Å². The zero-order valence-corrected chi connectivity index (χ0v) is 11.2. The molecule has 0 spiro atoms. The number of hydrogen-bond donors (Lipinski definition) is 0. The van der Waals surface area contributed by atoms with Gasteiger partial charge in [-0.2, -0.15) is 0 Å². The van der Waals surface area contributed by atoms with Crippen LogP contribution < -0.4 is 4.74 Å². The van der Waals surface area contributed by atoms with Gasteiger partial charge in [0, 0.05) is 6.42 Å². The molecule has 0 radical (unpaired) electrons. The standard InChI is InChI=1S/C14H13BrO2/c1-17-14-5-9-4-10(16)6-11(8-2-3-8)12(9)7-13(14)15/h5-8H,2-4H2,1H3. The first-order valence-electron chi connectivity index (χ1n) is 5.80. The number of benzene rings is 1. The van der Waals surface area contributed by atoms with Crippen molar-refractivity contribution in [2.75, 3.05) is 7.11 Å². The van der Waals surface area contributed by atoms with Crippen molar-refractivity contribution in [3.8, 4) is 5.75 Å². The van der Waals surface area contributed by atoms with Crippen LogP contribution in [0.25, 0.3) is 5.57 Å². The fraction of sp³-hybridized carbons (Fsp3) is 0.357. The molecule has 1 aromatic rings. The van der Waals surface area contributed by atoms with E-state index in [4.69, 9.17) is 4.74 Å². The average molecular weight is 293 g/mol. The predicted octanol–water partition coefficient (Wildman–Crippen LogP) is 3.38. The minimum Gasteiger partial charge on any atom is -0.496 e. The molecule has 3 heteroatoms. The van der Waals surface area contributed by atoms with Gasteiger partial charge in [0.25, 0.3) is 0 Å². The Balaban J connectivity index is 2.13. The number of carbonyl (C=O) groups is 1. The molecule has 0 atom stereocenters. The van der Waals surface area contributed by atoms with Gasteiger partial charge in [-0.1, -0.05) is 0 Å². The van der Waals surface area contributed by atoms with Gasteiger partial charge in [-0.25, -0.2) is 0 Å². The Labute approximate surface area is 109 Å². The predicted molar refractivity (Wildman–Crippen MR) is 70.1 cm³/mol. The van der Waals surface area contributed by atoms with Gasteiger partial charge in [-0.15, -0.1) is 0 Å². The summed E-state index contributed by atoms with van der Waals surface area (Å²) >= 11 is 3.51. The van der Waals surface area contributed by atoms with E-state index < -0.39 is 0 Å². The highest BCUT2D eigenvalue weighted by Gasteiger charge is 2.31. The highest BCUT2D eigenvalue weighted by molar-refractivity contribution is 9.10. The number of rotatable bonds is 2. The summed E-state index contributed by atoms with van der Waals surface area (Å²) < 4.78 is 6.24. The molecule has 1 saturated carbocycles. The summed E-state index contributed by atoms with van der Waals surface area (Å²) in [5, 5.41) is 0. The van der Waals surface area contributed by atoms with Gasteiger partial charge in [-0.05, 0) is 69.6 Å². The number of fused-ring (bicyclic) bond motifs is 1. The summed E-state index contributed by atoms with van der Waals surface area (Å²) in [6.45, 7) is 0. The van der Waals surface area contributed by atoms with E-state index in [1.165, 1.54) is 24.0 Å². The molecule has 0 N–H and O–H groups in total. The Hall–Kier alpha value is -1.09. The van der Waals surface area contributed by atoms with E-state index in [2.05, 4.69) is 22.0 Å². The number of hydrogen-bond acceptors (Lipinski definition) is 2. The van der Waals surface area contributed by atoms with Crippen LogP contribution in [0.15, 0.2) is 22.7 Å². The third-order valence-electron chi connectivity index (χ3n) is 3.39. The molecule has 2 aliphatic rings. The van der Waals surface area contributed by atoms with Crippen molar-refractivity contribution in [1.29, 1.82) is 0 Å². The first-order valence-corrected chi connectivity index (χ1v) is 6.59. The van der Waals surface area contributed by atoms with E-state index in [0.717, 1.165) is 15.8 Å². The van der Waals surface area contributed by atoms with Gasteiger partial charge in [0.15, 0.2) is 5.78 Å². The minimum absolute atomic E-state index is 0.212. The number of methoxy groups -OCH3 is 1. The summed E-state index contributed by atoms with van der Waals surface area (Å²) in [4.78, 5) is 11.7. The smallest absolute Gasteiger partial charge is 0.160 e. The fourth-order valence-electron chi connectivity index (χ4n) is 2.39. The van der Waals surface area contributed by atoms with Crippen LogP contribution in [0.2, 0.25) is 0 Å². The summed E-state index contributed by atoms with van der Waals surface area (Å²) in [6.07, 6.45) is 4.75. The lowest BCUT2D eigenvalue weighted by molar-refractivity contribution is -0.114. The van der Waals surface area contributed by atoms with E-state index in [-0.39, 0.29) is 5.78 Å². The molecule has 0 bridgehead atoms. The van der Waals surface area contributed by atoms with Crippen LogP contribution in [0.3, 0.4) is 0 Å². The van der Waals surface area contributed by atoms with Crippen LogP contribution in [-0.2, 0) is 11.2 Å². The summed E-state index contributed by atoms with van der Waals surface area (Å²) in [7, 11) is 1.65. The van der Waals surface area contributed by atoms with E-state index >= 15 is 0 Å². The SMILES string of the molecule is COc1cc2c(cc1Br)C(C1CC1)=CC(=O)C2. The maximum atomic E-state index is 11.7. The Morgan fingerprint density at radius 3 is 2.76 bits per heavy atom. The molecule has 1 aromatic carbocycles. The normalized spacial score (nSPS) is 18.7. The molecule has 3 rings (SSSR count). The maximum absolute atomic E-state index is 11.7. The third kappa shape index (κ3) is 1.93. The Kier molecular flexibility index (Phi) is 2.58. The highest BCUT2D eigenvalue weighted by atomic mass is 79.9. The van der Waals surface area contributed by atoms with E-state index in [9.17, 15) is 4.79 Å². The van der Waals surface area contributed by atoms with Crippen LogP contribution in [0.1, 0.15) is 24.0 Å². The number of allylic oxidation sites excluding steroid dienone is 2. The van der Waals surface area contributed by atoms with Gasteiger partial charge >= 0.3 is 0 Å². The summed E-state index contributed by atoms with van der Waals surface area (Å²) in [5.74, 6) is 1.61. The molecule has 0 heterocycles. The number of ketones is 1. The van der Waals surface area contributed by atoms with Gasteiger partial charge in [0.2, 0.25) is 0 Å². The number of carbonyl (C=O) groups excluding carboxylic acids is 1. The number of ether oxygens (including phenoxy) is 1. The molecular formula is C14H13BrO2. The van der Waals surface area contributed by atoms with Crippen molar-refractivity contribution in [2.45, 2.75) is 19.3 Å². The monoisotopic (exact) mass is 292 g/mol. The van der Waals surface area contributed by atoms with Crippen LogP contribution in [0.4, 0.5) is 0 Å². The molecule has 88 valence electrons. The molecule has 2 aliphatic carbocycles. The number of halogens is 1. The van der Waals surface area contributed by atoms with Crippen LogP contribution in [0, 0.1) is 5.92 Å². The van der Waals surface area contributed by atoms with Gasteiger partial charge < -0.3 is 4.74 Å². The first-order chi connectivity index (χ1) is 8.19. The third-order valence-corrected chi connectivity index (χ3v) is 4.01. The van der Waals surface area contributed by atoms with Crippen LogP contribution >= 0.6 is 15.9 Å². The van der Waals surface area contributed by atoms with Gasteiger partial charge in [-0.3, -0.25) is 4.79 Å². The van der Waals surface area contributed by atoms with Gasteiger partial charge in [0.1, 0.15) is 5.75 Å². The highest BCUT2D eigenvalue weighted by Crippen LogP contribution is 2.46. The molecule has 0 unspecified atom stereocenters. The Morgan fingerprint density at radius 1 is 1.35 bits per heavy atom. The van der Waals surface area contributed by atoms with Crippen molar-refractivity contribution in [3.63, 3.8) is 0 Å². The van der Waals surface area contributed by atoms with Crippen molar-refractivity contribution >= 4 is 27.3 Å². The van der Waals surface area contributed by atoms with Crippen LogP contribution in [-0.4, -0.2) is 12.9 Å². The molecular weight excluding hydrogens is 280 g/mol. The second-order valence-electron chi connectivity index (χ2n) is 4.66. The lowest BCUT2D eigenvalue weighted by atomic mass is 9.87. The average Bonchev–Trinajstić information content (AvgIpc) is 3.12. The molecule has 1 fully saturated rings. The Bertz CT molecular complexity index is 527. The van der Waals surface area contributed by atoms with Gasteiger partial charge in [0.05, 0.1) is 11.6 Å². The minimum atomic E-state index is 0.212. The van der Waals surface area contributed by atoms with Crippen molar-refractivity contribution < 1.29 is 9.53 Å². The zero-order valence-electron chi connectivity index (χ0n) is 9.63. The molecule has 0 amide bonds. The summed E-state index contributed by atoms with van der Waals surface area (Å²) in [5.41, 5.74) is 3.54. The molecule has 17 heavy (non-hydrogen) atoms. The van der Waals surface area contributed by atoms with E-state index in [0.29, 0.717) is 12.3 Å². The van der Waals surface area contributed by atoms with Crippen LogP contribution in [0.5, 0.6) is 5.75 Å². The Morgan fingerprint density at radius 2 is 2.12 bits per heavy atom. The van der Waals surface area contributed by atoms with Crippen molar-refractivity contribution in [3.05, 3.63) is 33.8 Å². The lowest BCUT2D eigenvalue weighted by Gasteiger charge is -2.18. The molecule has 2 nitrogen and oxygen atoms in total. The topological polar surface area (TPSA) is 26.3 Å². The van der Waals surface area contributed by atoms with Crippen molar-refractivity contribution in [2.24, 2.45) is 5.92 Å². The van der Waals surface area contributed by atoms with Crippen molar-refractivity contribution in [1.82, 2.24) is 0 Å². The molecule has 0 aliphatic heterocycles. The second-order valence-corrected chi connectivity index (χ2v) is 5.52. The van der Waals surface area contributed by atoms with E-state index in [1.807, 2.05) is 12.1 Å². The zero-order chi connectivity index (χ0) is 12.0. The molecule has 0 aromatic heterocycles. The maximum Gasteiger partial charge on any atom is 0.160 e. The largest absolute Gasteiger partial charge is 0.496 e. The fourth-order valence-corrected chi connectivity index (χ4v) is 2.89. The second kappa shape index (κ2) is 3.98. The molecule has 0 saturated heterocycles.